The average Bonchev–Trinajstić information content (AvgIpc) is 2.29. The molecule has 88 valence electrons. The Morgan fingerprint density at radius 3 is 3.00 bits per heavy atom. The SMILES string of the molecule is CCOc1nc2ccncc2c(N)c1[N+](=O)[O-]. The van der Waals surface area contributed by atoms with Gasteiger partial charge in [0.2, 0.25) is 0 Å². The standard InChI is InChI=1S/C10H10N4O3/c1-2-17-10-9(14(15)16)8(11)6-5-12-4-3-7(6)13-10/h3-5H,2H2,1H3,(H2,11,13). The Bertz CT molecular complexity index is 585. The summed E-state index contributed by atoms with van der Waals surface area (Å²) in [5, 5.41) is 11.4. The number of anilines is 1. The molecule has 2 N–H and O–H groups in total. The van der Waals surface area contributed by atoms with Gasteiger partial charge >= 0.3 is 5.69 Å². The van der Waals surface area contributed by atoms with Crippen LogP contribution in [0.4, 0.5) is 11.4 Å². The predicted molar refractivity (Wildman–Crippen MR) is 61.8 cm³/mol. The zero-order chi connectivity index (χ0) is 12.4. The first-order chi connectivity index (χ1) is 8.15. The van der Waals surface area contributed by atoms with Gasteiger partial charge in [-0.05, 0) is 13.0 Å². The van der Waals surface area contributed by atoms with E-state index in [9.17, 15) is 10.1 Å². The minimum atomic E-state index is -0.597. The first-order valence-electron chi connectivity index (χ1n) is 4.95. The summed E-state index contributed by atoms with van der Waals surface area (Å²) < 4.78 is 5.13. The van der Waals surface area contributed by atoms with E-state index in [1.165, 1.54) is 12.4 Å². The van der Waals surface area contributed by atoms with Crippen LogP contribution in [-0.4, -0.2) is 21.5 Å². The molecule has 0 radical (unpaired) electrons. The lowest BCUT2D eigenvalue weighted by atomic mass is 10.2. The monoisotopic (exact) mass is 234 g/mol. The van der Waals surface area contributed by atoms with Crippen LogP contribution in [0.2, 0.25) is 0 Å². The Morgan fingerprint density at radius 1 is 1.59 bits per heavy atom. The summed E-state index contributed by atoms with van der Waals surface area (Å²) in [6.07, 6.45) is 2.98. The maximum Gasteiger partial charge on any atom is 0.354 e. The van der Waals surface area contributed by atoms with Crippen LogP contribution in [-0.2, 0) is 0 Å². The summed E-state index contributed by atoms with van der Waals surface area (Å²) in [5.41, 5.74) is 5.98. The number of aromatic nitrogens is 2. The first-order valence-corrected chi connectivity index (χ1v) is 4.95. The van der Waals surface area contributed by atoms with E-state index in [1.807, 2.05) is 0 Å². The Morgan fingerprint density at radius 2 is 2.35 bits per heavy atom. The number of nitrogen functional groups attached to an aromatic ring is 1. The number of fused-ring (bicyclic) bond motifs is 1. The van der Waals surface area contributed by atoms with Crippen LogP contribution in [0, 0.1) is 10.1 Å². The molecule has 0 fully saturated rings. The molecule has 2 heterocycles. The highest BCUT2D eigenvalue weighted by Crippen LogP contribution is 2.36. The lowest BCUT2D eigenvalue weighted by molar-refractivity contribution is -0.385. The van der Waals surface area contributed by atoms with Gasteiger partial charge in [-0.2, -0.15) is 0 Å². The minimum absolute atomic E-state index is 0.0246. The second kappa shape index (κ2) is 4.20. The van der Waals surface area contributed by atoms with Gasteiger partial charge in [0.15, 0.2) is 0 Å². The van der Waals surface area contributed by atoms with Crippen molar-refractivity contribution in [2.45, 2.75) is 6.92 Å². The minimum Gasteiger partial charge on any atom is -0.473 e. The van der Waals surface area contributed by atoms with Crippen molar-refractivity contribution >= 4 is 22.3 Å². The Balaban J connectivity index is 2.79. The van der Waals surface area contributed by atoms with E-state index in [-0.39, 0.29) is 23.9 Å². The highest BCUT2D eigenvalue weighted by molar-refractivity contribution is 5.95. The van der Waals surface area contributed by atoms with E-state index < -0.39 is 4.92 Å². The molecule has 0 unspecified atom stereocenters. The van der Waals surface area contributed by atoms with Gasteiger partial charge < -0.3 is 10.5 Å². The number of nitrogens with two attached hydrogens (primary N) is 1. The van der Waals surface area contributed by atoms with Crippen LogP contribution in [0.5, 0.6) is 5.88 Å². The van der Waals surface area contributed by atoms with E-state index >= 15 is 0 Å². The molecule has 0 saturated heterocycles. The van der Waals surface area contributed by atoms with E-state index in [0.29, 0.717) is 10.9 Å². The number of nitrogens with zero attached hydrogens (tertiary/aromatic N) is 3. The number of pyridine rings is 2. The normalized spacial score (nSPS) is 10.4. The molecule has 0 aromatic carbocycles. The highest BCUT2D eigenvalue weighted by Gasteiger charge is 2.24. The zero-order valence-electron chi connectivity index (χ0n) is 9.08. The summed E-state index contributed by atoms with van der Waals surface area (Å²) in [5.74, 6) is -0.0614. The van der Waals surface area contributed by atoms with Crippen molar-refractivity contribution in [2.24, 2.45) is 0 Å². The van der Waals surface area contributed by atoms with Gasteiger partial charge in [-0.15, -0.1) is 0 Å². The molecule has 0 aliphatic heterocycles. The summed E-state index contributed by atoms with van der Waals surface area (Å²) >= 11 is 0. The van der Waals surface area contributed by atoms with Gasteiger partial charge in [0.25, 0.3) is 5.88 Å². The molecule has 7 heteroatoms. The topological polar surface area (TPSA) is 104 Å². The molecule has 0 aliphatic rings. The average molecular weight is 234 g/mol. The van der Waals surface area contributed by atoms with E-state index in [2.05, 4.69) is 9.97 Å². The molecule has 0 saturated carbocycles. The molecular formula is C10H10N4O3. The first kappa shape index (κ1) is 11.1. The zero-order valence-corrected chi connectivity index (χ0v) is 9.08. The van der Waals surface area contributed by atoms with Crippen LogP contribution >= 0.6 is 0 Å². The molecule has 0 spiro atoms. The fourth-order valence-corrected chi connectivity index (χ4v) is 1.51. The van der Waals surface area contributed by atoms with Crippen LogP contribution in [0.3, 0.4) is 0 Å². The van der Waals surface area contributed by atoms with E-state index in [4.69, 9.17) is 10.5 Å². The Kier molecular flexibility index (Phi) is 2.73. The molecular weight excluding hydrogens is 224 g/mol. The molecule has 0 bridgehead atoms. The lowest BCUT2D eigenvalue weighted by Crippen LogP contribution is -2.04. The maximum atomic E-state index is 10.9. The molecule has 2 rings (SSSR count). The quantitative estimate of drug-likeness (QED) is 0.637. The Labute approximate surface area is 96.4 Å². The number of hydrogen-bond acceptors (Lipinski definition) is 6. The fraction of sp³-hybridized carbons (Fsp3) is 0.200. The largest absolute Gasteiger partial charge is 0.473 e. The van der Waals surface area contributed by atoms with Crippen LogP contribution in [0.1, 0.15) is 6.92 Å². The van der Waals surface area contributed by atoms with Gasteiger partial charge in [0.1, 0.15) is 5.69 Å². The van der Waals surface area contributed by atoms with E-state index in [1.54, 1.807) is 13.0 Å². The summed E-state index contributed by atoms with van der Waals surface area (Å²) in [7, 11) is 0. The van der Waals surface area contributed by atoms with Crippen LogP contribution in [0.15, 0.2) is 18.5 Å². The van der Waals surface area contributed by atoms with Gasteiger partial charge in [0, 0.05) is 17.8 Å². The van der Waals surface area contributed by atoms with Gasteiger partial charge in [0.05, 0.1) is 17.0 Å². The van der Waals surface area contributed by atoms with Crippen molar-refractivity contribution in [1.82, 2.24) is 9.97 Å². The number of hydrogen-bond donors (Lipinski definition) is 1. The van der Waals surface area contributed by atoms with Gasteiger partial charge in [-0.3, -0.25) is 15.1 Å². The molecule has 0 amide bonds. The summed E-state index contributed by atoms with van der Waals surface area (Å²) in [6.45, 7) is 2.00. The number of ether oxygens (including phenoxy) is 1. The summed E-state index contributed by atoms with van der Waals surface area (Å²) in [4.78, 5) is 18.3. The molecule has 0 aliphatic carbocycles. The van der Waals surface area contributed by atoms with Gasteiger partial charge in [-0.1, -0.05) is 0 Å². The molecule has 2 aromatic heterocycles. The van der Waals surface area contributed by atoms with Crippen LogP contribution < -0.4 is 10.5 Å². The predicted octanol–water partition coefficient (Wildman–Crippen LogP) is 1.52. The van der Waals surface area contributed by atoms with Crippen molar-refractivity contribution < 1.29 is 9.66 Å². The van der Waals surface area contributed by atoms with Gasteiger partial charge in [-0.25, -0.2) is 4.98 Å². The molecule has 7 nitrogen and oxygen atoms in total. The van der Waals surface area contributed by atoms with Crippen molar-refractivity contribution in [1.29, 1.82) is 0 Å². The molecule has 0 atom stereocenters. The highest BCUT2D eigenvalue weighted by atomic mass is 16.6. The van der Waals surface area contributed by atoms with E-state index in [0.717, 1.165) is 0 Å². The second-order valence-corrected chi connectivity index (χ2v) is 3.26. The third-order valence-corrected chi connectivity index (χ3v) is 2.23. The smallest absolute Gasteiger partial charge is 0.354 e. The van der Waals surface area contributed by atoms with Crippen molar-refractivity contribution in [3.8, 4) is 5.88 Å². The van der Waals surface area contributed by atoms with Crippen molar-refractivity contribution in [3.63, 3.8) is 0 Å². The third-order valence-electron chi connectivity index (χ3n) is 2.23. The fourth-order valence-electron chi connectivity index (χ4n) is 1.51. The third kappa shape index (κ3) is 1.82. The molecule has 17 heavy (non-hydrogen) atoms. The summed E-state index contributed by atoms with van der Waals surface area (Å²) in [6, 6.07) is 1.62. The van der Waals surface area contributed by atoms with Crippen molar-refractivity contribution in [3.05, 3.63) is 28.6 Å². The maximum absolute atomic E-state index is 10.9. The molecule has 2 aromatic rings. The van der Waals surface area contributed by atoms with Crippen molar-refractivity contribution in [2.75, 3.05) is 12.3 Å². The number of rotatable bonds is 3. The lowest BCUT2D eigenvalue weighted by Gasteiger charge is -2.07. The second-order valence-electron chi connectivity index (χ2n) is 3.26. The van der Waals surface area contributed by atoms with Crippen LogP contribution in [0.25, 0.3) is 10.9 Å². The number of nitro groups is 1. The Hall–Kier alpha value is -2.44.